The van der Waals surface area contributed by atoms with Gasteiger partial charge in [0.15, 0.2) is 0 Å². The van der Waals surface area contributed by atoms with Gasteiger partial charge in [0, 0.05) is 19.5 Å². The van der Waals surface area contributed by atoms with Crippen molar-refractivity contribution in [1.29, 1.82) is 0 Å². The predicted molar refractivity (Wildman–Crippen MR) is 60.3 cm³/mol. The van der Waals surface area contributed by atoms with Crippen molar-refractivity contribution in [2.24, 2.45) is 0 Å². The third-order valence-corrected chi connectivity index (χ3v) is 2.63. The standard InChI is InChI=1S/C11H17F3N2O3/c12-11(13,14)8-19-6-3-9(17)15-7-10(18)16-4-1-2-5-16/h1-8H2,(H,15,17). The van der Waals surface area contributed by atoms with Gasteiger partial charge in [-0.2, -0.15) is 13.2 Å². The second-order valence-corrected chi connectivity index (χ2v) is 4.28. The highest BCUT2D eigenvalue weighted by atomic mass is 19.4. The lowest BCUT2D eigenvalue weighted by Gasteiger charge is -2.15. The van der Waals surface area contributed by atoms with E-state index in [0.29, 0.717) is 13.1 Å². The first kappa shape index (κ1) is 15.7. The second kappa shape index (κ2) is 7.32. The minimum Gasteiger partial charge on any atom is -0.372 e. The van der Waals surface area contributed by atoms with E-state index in [1.54, 1.807) is 4.90 Å². The van der Waals surface area contributed by atoms with Crippen LogP contribution in [0.5, 0.6) is 0 Å². The van der Waals surface area contributed by atoms with Crippen molar-refractivity contribution >= 4 is 11.8 Å². The quantitative estimate of drug-likeness (QED) is 0.729. The number of alkyl halides is 3. The van der Waals surface area contributed by atoms with Gasteiger partial charge < -0.3 is 15.0 Å². The second-order valence-electron chi connectivity index (χ2n) is 4.28. The number of halogens is 3. The fourth-order valence-corrected chi connectivity index (χ4v) is 1.69. The molecular weight excluding hydrogens is 265 g/mol. The lowest BCUT2D eigenvalue weighted by molar-refractivity contribution is -0.174. The molecule has 1 aliphatic rings. The van der Waals surface area contributed by atoms with Crippen molar-refractivity contribution in [3.05, 3.63) is 0 Å². The van der Waals surface area contributed by atoms with Gasteiger partial charge in [-0.25, -0.2) is 0 Å². The molecule has 0 atom stereocenters. The van der Waals surface area contributed by atoms with Gasteiger partial charge in [0.25, 0.3) is 0 Å². The van der Waals surface area contributed by atoms with E-state index in [4.69, 9.17) is 0 Å². The van der Waals surface area contributed by atoms with Gasteiger partial charge in [-0.15, -0.1) is 0 Å². The SMILES string of the molecule is O=C(CCOCC(F)(F)F)NCC(=O)N1CCCC1. The van der Waals surface area contributed by atoms with Gasteiger partial charge in [-0.05, 0) is 12.8 Å². The average molecular weight is 282 g/mol. The summed E-state index contributed by atoms with van der Waals surface area (Å²) in [6, 6.07) is 0. The molecule has 19 heavy (non-hydrogen) atoms. The molecule has 2 amide bonds. The van der Waals surface area contributed by atoms with E-state index in [-0.39, 0.29) is 25.5 Å². The van der Waals surface area contributed by atoms with Crippen molar-refractivity contribution in [2.75, 3.05) is 32.8 Å². The molecule has 1 N–H and O–H groups in total. The molecule has 5 nitrogen and oxygen atoms in total. The van der Waals surface area contributed by atoms with E-state index in [1.807, 2.05) is 0 Å². The van der Waals surface area contributed by atoms with Crippen LogP contribution in [0.1, 0.15) is 19.3 Å². The molecule has 1 aliphatic heterocycles. The number of carbonyl (C=O) groups is 2. The van der Waals surface area contributed by atoms with E-state index in [0.717, 1.165) is 12.8 Å². The number of hydrogen-bond donors (Lipinski definition) is 1. The number of nitrogens with one attached hydrogen (secondary N) is 1. The summed E-state index contributed by atoms with van der Waals surface area (Å²) in [4.78, 5) is 24.4. The van der Waals surface area contributed by atoms with Crippen LogP contribution in [-0.4, -0.2) is 55.7 Å². The summed E-state index contributed by atoms with van der Waals surface area (Å²) in [6.45, 7) is -0.402. The molecule has 0 aliphatic carbocycles. The van der Waals surface area contributed by atoms with Crippen LogP contribution in [0.15, 0.2) is 0 Å². The highest BCUT2D eigenvalue weighted by Gasteiger charge is 2.27. The average Bonchev–Trinajstić information content (AvgIpc) is 2.84. The number of carbonyl (C=O) groups excluding carboxylic acids is 2. The molecule has 1 heterocycles. The Morgan fingerprint density at radius 1 is 1.21 bits per heavy atom. The Hall–Kier alpha value is -1.31. The lowest BCUT2D eigenvalue weighted by Crippen LogP contribution is -2.38. The number of amides is 2. The normalized spacial score (nSPS) is 15.6. The lowest BCUT2D eigenvalue weighted by atomic mass is 10.4. The van der Waals surface area contributed by atoms with Gasteiger partial charge in [0.05, 0.1) is 13.2 Å². The predicted octanol–water partition coefficient (Wildman–Crippen LogP) is 0.694. The molecule has 8 heteroatoms. The number of rotatable bonds is 6. The molecule has 1 rings (SSSR count). The van der Waals surface area contributed by atoms with E-state index in [9.17, 15) is 22.8 Å². The minimum atomic E-state index is -4.39. The maximum atomic E-state index is 11.7. The van der Waals surface area contributed by atoms with E-state index in [2.05, 4.69) is 10.1 Å². The van der Waals surface area contributed by atoms with E-state index >= 15 is 0 Å². The summed E-state index contributed by atoms with van der Waals surface area (Å²) in [6.07, 6.45) is -2.65. The zero-order valence-electron chi connectivity index (χ0n) is 10.5. The third-order valence-electron chi connectivity index (χ3n) is 2.63. The fourth-order valence-electron chi connectivity index (χ4n) is 1.69. The number of ether oxygens (including phenoxy) is 1. The van der Waals surface area contributed by atoms with E-state index in [1.165, 1.54) is 0 Å². The van der Waals surface area contributed by atoms with Crippen LogP contribution in [-0.2, 0) is 14.3 Å². The first-order chi connectivity index (χ1) is 8.88. The van der Waals surface area contributed by atoms with Gasteiger partial charge in [0.1, 0.15) is 6.61 Å². The van der Waals surface area contributed by atoms with Crippen molar-refractivity contribution < 1.29 is 27.5 Å². The first-order valence-corrected chi connectivity index (χ1v) is 6.07. The topological polar surface area (TPSA) is 58.6 Å². The van der Waals surface area contributed by atoms with Crippen LogP contribution in [0, 0.1) is 0 Å². The first-order valence-electron chi connectivity index (χ1n) is 6.07. The Labute approximate surface area is 109 Å². The Morgan fingerprint density at radius 3 is 2.42 bits per heavy atom. The summed E-state index contributed by atoms with van der Waals surface area (Å²) in [7, 11) is 0. The molecule has 0 saturated carbocycles. The maximum absolute atomic E-state index is 11.7. The molecule has 0 aromatic rings. The molecule has 0 aromatic heterocycles. The Morgan fingerprint density at radius 2 is 1.84 bits per heavy atom. The minimum absolute atomic E-state index is 0.113. The van der Waals surface area contributed by atoms with Crippen LogP contribution in [0.25, 0.3) is 0 Å². The molecule has 0 radical (unpaired) electrons. The van der Waals surface area contributed by atoms with Crippen LogP contribution < -0.4 is 5.32 Å². The highest BCUT2D eigenvalue weighted by Crippen LogP contribution is 2.14. The van der Waals surface area contributed by atoms with Crippen LogP contribution >= 0.6 is 0 Å². The number of hydrogen-bond acceptors (Lipinski definition) is 3. The fraction of sp³-hybridized carbons (Fsp3) is 0.818. The van der Waals surface area contributed by atoms with Gasteiger partial charge >= 0.3 is 6.18 Å². The van der Waals surface area contributed by atoms with Crippen molar-refractivity contribution in [1.82, 2.24) is 10.2 Å². The molecule has 1 saturated heterocycles. The summed E-state index contributed by atoms with van der Waals surface area (Å²) < 4.78 is 39.5. The molecule has 0 bridgehead atoms. The largest absolute Gasteiger partial charge is 0.411 e. The van der Waals surface area contributed by atoms with Crippen molar-refractivity contribution in [3.63, 3.8) is 0 Å². The number of likely N-dealkylation sites (tertiary alicyclic amines) is 1. The zero-order valence-corrected chi connectivity index (χ0v) is 10.5. The van der Waals surface area contributed by atoms with Gasteiger partial charge in [-0.3, -0.25) is 9.59 Å². The Bertz CT molecular complexity index is 315. The van der Waals surface area contributed by atoms with Crippen molar-refractivity contribution in [3.8, 4) is 0 Å². The maximum Gasteiger partial charge on any atom is 0.411 e. The summed E-state index contributed by atoms with van der Waals surface area (Å²) in [5, 5.41) is 2.37. The third kappa shape index (κ3) is 7.00. The van der Waals surface area contributed by atoms with Crippen LogP contribution in [0.3, 0.4) is 0 Å². The highest BCUT2D eigenvalue weighted by molar-refractivity contribution is 5.84. The molecule has 0 unspecified atom stereocenters. The molecular formula is C11H17F3N2O3. The van der Waals surface area contributed by atoms with Crippen molar-refractivity contribution in [2.45, 2.75) is 25.4 Å². The molecule has 0 aromatic carbocycles. The van der Waals surface area contributed by atoms with Crippen LogP contribution in [0.4, 0.5) is 13.2 Å². The summed E-state index contributed by atoms with van der Waals surface area (Å²) in [5.41, 5.74) is 0. The molecule has 0 spiro atoms. The Kier molecular flexibility index (Phi) is 6.07. The number of nitrogens with zero attached hydrogens (tertiary/aromatic N) is 1. The summed E-state index contributed by atoms with van der Waals surface area (Å²) >= 11 is 0. The van der Waals surface area contributed by atoms with E-state index < -0.39 is 18.7 Å². The molecule has 110 valence electrons. The monoisotopic (exact) mass is 282 g/mol. The summed E-state index contributed by atoms with van der Waals surface area (Å²) in [5.74, 6) is -0.656. The zero-order chi connectivity index (χ0) is 14.3. The van der Waals surface area contributed by atoms with Gasteiger partial charge in [-0.1, -0.05) is 0 Å². The van der Waals surface area contributed by atoms with Crippen LogP contribution in [0.2, 0.25) is 0 Å². The smallest absolute Gasteiger partial charge is 0.372 e. The Balaban J connectivity index is 2.06. The molecule has 1 fully saturated rings. The van der Waals surface area contributed by atoms with Gasteiger partial charge in [0.2, 0.25) is 11.8 Å².